The Morgan fingerprint density at radius 1 is 1.10 bits per heavy atom. The molecule has 1 aliphatic rings. The van der Waals surface area contributed by atoms with Gasteiger partial charge in [-0.05, 0) is 35.9 Å². The molecular formula is C18H16O3. The molecule has 0 bridgehead atoms. The van der Waals surface area contributed by atoms with Gasteiger partial charge in [0.15, 0.2) is 0 Å². The molecule has 1 unspecified atom stereocenters. The van der Waals surface area contributed by atoms with Crippen LogP contribution in [-0.2, 0) is 5.41 Å². The minimum atomic E-state index is -0.621. The van der Waals surface area contributed by atoms with E-state index in [1.165, 1.54) is 0 Å². The van der Waals surface area contributed by atoms with E-state index < -0.39 is 5.41 Å². The van der Waals surface area contributed by atoms with Gasteiger partial charge in [0.2, 0.25) is 0 Å². The highest BCUT2D eigenvalue weighted by atomic mass is 16.5. The number of benzene rings is 2. The van der Waals surface area contributed by atoms with E-state index in [-0.39, 0.29) is 6.61 Å². The van der Waals surface area contributed by atoms with Crippen LogP contribution in [0, 0.1) is 6.92 Å². The minimum Gasteiger partial charge on any atom is -0.492 e. The Bertz CT molecular complexity index is 818. The monoisotopic (exact) mass is 280 g/mol. The summed E-state index contributed by atoms with van der Waals surface area (Å²) in [7, 11) is 0. The van der Waals surface area contributed by atoms with Crippen molar-refractivity contribution in [3.05, 3.63) is 65.6 Å². The average molecular weight is 280 g/mol. The summed E-state index contributed by atoms with van der Waals surface area (Å²) in [5.41, 5.74) is 0.405. The molecule has 1 atom stereocenters. The largest absolute Gasteiger partial charge is 0.492 e. The fourth-order valence-electron chi connectivity index (χ4n) is 3.23. The first-order chi connectivity index (χ1) is 10.2. The zero-order valence-electron chi connectivity index (χ0n) is 11.8. The number of hydrogen-bond acceptors (Lipinski definition) is 3. The van der Waals surface area contributed by atoms with Crippen LogP contribution in [0.25, 0.3) is 10.8 Å². The lowest BCUT2D eigenvalue weighted by Crippen LogP contribution is -2.33. The van der Waals surface area contributed by atoms with Crippen LogP contribution in [0.4, 0.5) is 0 Å². The summed E-state index contributed by atoms with van der Waals surface area (Å²) in [5, 5.41) is 12.4. The maximum Gasteiger partial charge on any atom is 0.124 e. The van der Waals surface area contributed by atoms with Crippen LogP contribution in [0.15, 0.2) is 52.9 Å². The summed E-state index contributed by atoms with van der Waals surface area (Å²) in [6.07, 6.45) is 0. The van der Waals surface area contributed by atoms with Gasteiger partial charge in [-0.15, -0.1) is 0 Å². The number of fused-ring (bicyclic) bond motifs is 3. The molecule has 1 aromatic heterocycles. The molecule has 0 saturated heterocycles. The lowest BCUT2D eigenvalue weighted by molar-refractivity contribution is 0.166. The molecule has 2 heterocycles. The van der Waals surface area contributed by atoms with Crippen LogP contribution in [0.5, 0.6) is 5.75 Å². The zero-order chi connectivity index (χ0) is 14.4. The maximum absolute atomic E-state index is 10.1. The Morgan fingerprint density at radius 3 is 2.71 bits per heavy atom. The molecule has 3 aromatic rings. The topological polar surface area (TPSA) is 42.6 Å². The first kappa shape index (κ1) is 12.5. The number of aliphatic hydroxyl groups excluding tert-OH is 1. The van der Waals surface area contributed by atoms with E-state index in [9.17, 15) is 5.11 Å². The summed E-state index contributed by atoms with van der Waals surface area (Å²) < 4.78 is 11.7. The summed E-state index contributed by atoms with van der Waals surface area (Å²) in [6.45, 7) is 2.27. The Kier molecular flexibility index (Phi) is 2.59. The third kappa shape index (κ3) is 1.64. The van der Waals surface area contributed by atoms with Crippen molar-refractivity contribution in [2.45, 2.75) is 12.3 Å². The van der Waals surface area contributed by atoms with Gasteiger partial charge in [-0.1, -0.05) is 30.3 Å². The van der Waals surface area contributed by atoms with Gasteiger partial charge in [-0.3, -0.25) is 0 Å². The molecule has 0 amide bonds. The first-order valence-corrected chi connectivity index (χ1v) is 7.07. The van der Waals surface area contributed by atoms with Crippen molar-refractivity contribution in [1.29, 1.82) is 0 Å². The second-order valence-electron chi connectivity index (χ2n) is 5.60. The SMILES string of the molecule is Cc1ccc(C2(CO)COc3ccc4ccccc4c32)o1. The molecule has 0 radical (unpaired) electrons. The molecule has 0 spiro atoms. The van der Waals surface area contributed by atoms with E-state index in [1.54, 1.807) is 0 Å². The first-order valence-electron chi connectivity index (χ1n) is 7.07. The van der Waals surface area contributed by atoms with E-state index in [0.717, 1.165) is 33.6 Å². The van der Waals surface area contributed by atoms with Gasteiger partial charge in [-0.25, -0.2) is 0 Å². The van der Waals surface area contributed by atoms with E-state index in [0.29, 0.717) is 6.61 Å². The maximum atomic E-state index is 10.1. The zero-order valence-corrected chi connectivity index (χ0v) is 11.8. The molecule has 2 aromatic carbocycles. The van der Waals surface area contributed by atoms with Crippen LogP contribution in [0.3, 0.4) is 0 Å². The van der Waals surface area contributed by atoms with Gasteiger partial charge in [0.05, 0.1) is 6.61 Å². The Balaban J connectivity index is 2.05. The lowest BCUT2D eigenvalue weighted by Gasteiger charge is -2.24. The van der Waals surface area contributed by atoms with Crippen molar-refractivity contribution < 1.29 is 14.3 Å². The van der Waals surface area contributed by atoms with Crippen LogP contribution in [-0.4, -0.2) is 18.3 Å². The van der Waals surface area contributed by atoms with Crippen LogP contribution >= 0.6 is 0 Å². The minimum absolute atomic E-state index is 0.0407. The third-order valence-electron chi connectivity index (χ3n) is 4.33. The molecule has 3 nitrogen and oxygen atoms in total. The fraction of sp³-hybridized carbons (Fsp3) is 0.222. The molecule has 21 heavy (non-hydrogen) atoms. The summed E-state index contributed by atoms with van der Waals surface area (Å²) in [5.74, 6) is 2.43. The summed E-state index contributed by atoms with van der Waals surface area (Å²) in [6, 6.07) is 16.1. The number of rotatable bonds is 2. The van der Waals surface area contributed by atoms with Crippen molar-refractivity contribution in [3.63, 3.8) is 0 Å². The van der Waals surface area contributed by atoms with E-state index in [4.69, 9.17) is 9.15 Å². The molecule has 0 saturated carbocycles. The average Bonchev–Trinajstić information content (AvgIpc) is 3.11. The third-order valence-corrected chi connectivity index (χ3v) is 4.33. The van der Waals surface area contributed by atoms with Crippen LogP contribution in [0.1, 0.15) is 17.1 Å². The molecule has 0 fully saturated rings. The summed E-state index contributed by atoms with van der Waals surface area (Å²) in [4.78, 5) is 0. The predicted molar refractivity (Wildman–Crippen MR) is 80.8 cm³/mol. The molecule has 3 heteroatoms. The molecule has 0 aliphatic carbocycles. The Labute approximate surface area is 122 Å². The molecule has 1 N–H and O–H groups in total. The number of furan rings is 1. The van der Waals surface area contributed by atoms with Crippen molar-refractivity contribution in [1.82, 2.24) is 0 Å². The Hall–Kier alpha value is -2.26. The quantitative estimate of drug-likeness (QED) is 0.782. The predicted octanol–water partition coefficient (Wildman–Crippen LogP) is 3.41. The second kappa shape index (κ2) is 4.37. The Morgan fingerprint density at radius 2 is 1.95 bits per heavy atom. The van der Waals surface area contributed by atoms with Gasteiger partial charge in [0, 0.05) is 5.56 Å². The number of ether oxygens (including phenoxy) is 1. The van der Waals surface area contributed by atoms with Crippen molar-refractivity contribution in [2.75, 3.05) is 13.2 Å². The van der Waals surface area contributed by atoms with E-state index in [2.05, 4.69) is 18.2 Å². The van der Waals surface area contributed by atoms with Gasteiger partial charge in [-0.2, -0.15) is 0 Å². The van der Waals surface area contributed by atoms with Crippen molar-refractivity contribution in [2.24, 2.45) is 0 Å². The summed E-state index contributed by atoms with van der Waals surface area (Å²) >= 11 is 0. The number of aryl methyl sites for hydroxylation is 1. The highest BCUT2D eigenvalue weighted by Gasteiger charge is 2.45. The normalized spacial score (nSPS) is 20.5. The molecule has 4 rings (SSSR count). The van der Waals surface area contributed by atoms with Crippen LogP contribution in [0.2, 0.25) is 0 Å². The van der Waals surface area contributed by atoms with Crippen LogP contribution < -0.4 is 4.74 Å². The standard InChI is InChI=1S/C18H16O3/c1-12-6-9-16(21-12)18(10-19)11-20-15-8-7-13-4-2-3-5-14(13)17(15)18/h2-9,19H,10-11H2,1H3. The number of aliphatic hydroxyl groups is 1. The molecule has 1 aliphatic heterocycles. The second-order valence-corrected chi connectivity index (χ2v) is 5.60. The van der Waals surface area contributed by atoms with E-state index >= 15 is 0 Å². The molecule has 106 valence electrons. The molecular weight excluding hydrogens is 264 g/mol. The highest BCUT2D eigenvalue weighted by molar-refractivity contribution is 5.90. The lowest BCUT2D eigenvalue weighted by atomic mass is 9.78. The van der Waals surface area contributed by atoms with Crippen molar-refractivity contribution in [3.8, 4) is 5.75 Å². The van der Waals surface area contributed by atoms with E-state index in [1.807, 2.05) is 37.3 Å². The highest BCUT2D eigenvalue weighted by Crippen LogP contribution is 2.47. The van der Waals surface area contributed by atoms with Gasteiger partial charge >= 0.3 is 0 Å². The van der Waals surface area contributed by atoms with Crippen molar-refractivity contribution >= 4 is 10.8 Å². The van der Waals surface area contributed by atoms with Gasteiger partial charge in [0.25, 0.3) is 0 Å². The van der Waals surface area contributed by atoms with Gasteiger partial charge in [0.1, 0.15) is 29.3 Å². The number of hydrogen-bond donors (Lipinski definition) is 1. The smallest absolute Gasteiger partial charge is 0.124 e. The van der Waals surface area contributed by atoms with Gasteiger partial charge < -0.3 is 14.3 Å². The fourth-order valence-corrected chi connectivity index (χ4v) is 3.23.